The van der Waals surface area contributed by atoms with Gasteiger partial charge >= 0.3 is 0 Å². The van der Waals surface area contributed by atoms with Crippen molar-refractivity contribution in [3.8, 4) is 0 Å². The molecule has 0 bridgehead atoms. The molecule has 0 unspecified atom stereocenters. The first-order chi connectivity index (χ1) is 7.83. The van der Waals surface area contributed by atoms with Gasteiger partial charge in [-0.2, -0.15) is 0 Å². The largest absolute Gasteiger partial charge is 0.468 e. The fourth-order valence-electron chi connectivity index (χ4n) is 1.48. The zero-order chi connectivity index (χ0) is 11.6. The van der Waals surface area contributed by atoms with Gasteiger partial charge in [0.05, 0.1) is 6.61 Å². The van der Waals surface area contributed by atoms with Crippen molar-refractivity contribution in [3.63, 3.8) is 0 Å². The lowest BCUT2D eigenvalue weighted by molar-refractivity contribution is -0.128. The molecule has 0 saturated carbocycles. The molecule has 1 aromatic heterocycles. The summed E-state index contributed by atoms with van der Waals surface area (Å²) in [6.45, 7) is 1.05. The number of carbonyl (C=O) groups excluding carboxylic acids is 1. The molecule has 0 fully saturated rings. The summed E-state index contributed by atoms with van der Waals surface area (Å²) in [5.41, 5.74) is 1.12. The topological polar surface area (TPSA) is 39.2 Å². The molecule has 0 radical (unpaired) electrons. The maximum Gasteiger partial charge on any atom is 0.293 e. The van der Waals surface area contributed by atoms with Gasteiger partial charge in [-0.1, -0.05) is 28.8 Å². The zero-order valence-corrected chi connectivity index (χ0v) is 10.8. The second kappa shape index (κ2) is 8.28. The Morgan fingerprint density at radius 2 is 2.12 bits per heavy atom. The van der Waals surface area contributed by atoms with E-state index in [0.717, 1.165) is 42.3 Å². The Balaban J connectivity index is 2.05. The van der Waals surface area contributed by atoms with E-state index in [2.05, 4.69) is 31.7 Å². The monoisotopic (exact) mass is 285 g/mol. The first kappa shape index (κ1) is 13.2. The highest BCUT2D eigenvalue weighted by atomic mass is 79.9. The Morgan fingerprint density at radius 3 is 2.88 bits per heavy atom. The van der Waals surface area contributed by atoms with E-state index in [-0.39, 0.29) is 0 Å². The van der Waals surface area contributed by atoms with Gasteiger partial charge in [0.1, 0.15) is 0 Å². The van der Waals surface area contributed by atoms with Crippen molar-refractivity contribution in [1.29, 1.82) is 0 Å². The molecule has 0 aliphatic carbocycles. The summed E-state index contributed by atoms with van der Waals surface area (Å²) in [5, 5.41) is 0. The van der Waals surface area contributed by atoms with Crippen LogP contribution in [0.5, 0.6) is 0 Å². The molecular weight excluding hydrogens is 270 g/mol. The number of aryl methyl sites for hydroxylation is 1. The number of pyridine rings is 1. The molecule has 0 aromatic carbocycles. The summed E-state index contributed by atoms with van der Waals surface area (Å²) < 4.78 is 5.70. The van der Waals surface area contributed by atoms with E-state index in [0.29, 0.717) is 13.1 Å². The minimum absolute atomic E-state index is 0.505. The lowest BCUT2D eigenvalue weighted by Crippen LogP contribution is -1.93. The van der Waals surface area contributed by atoms with E-state index in [4.69, 9.17) is 0 Å². The molecule has 88 valence electrons. The molecule has 4 heteroatoms. The smallest absolute Gasteiger partial charge is 0.293 e. The van der Waals surface area contributed by atoms with Gasteiger partial charge in [-0.3, -0.25) is 9.78 Å². The number of hydrogen-bond acceptors (Lipinski definition) is 3. The minimum atomic E-state index is 0.505. The number of unbranched alkanes of at least 4 members (excludes halogenated alkanes) is 3. The van der Waals surface area contributed by atoms with Crippen molar-refractivity contribution >= 4 is 22.4 Å². The number of rotatable bonds is 8. The first-order valence-electron chi connectivity index (χ1n) is 5.48. The Kier molecular flexibility index (Phi) is 6.81. The third-order valence-electron chi connectivity index (χ3n) is 2.29. The van der Waals surface area contributed by atoms with Crippen LogP contribution in [0, 0.1) is 0 Å². The minimum Gasteiger partial charge on any atom is -0.468 e. The van der Waals surface area contributed by atoms with Gasteiger partial charge in [-0.05, 0) is 31.4 Å². The highest BCUT2D eigenvalue weighted by Crippen LogP contribution is 2.12. The van der Waals surface area contributed by atoms with E-state index in [9.17, 15) is 4.79 Å². The van der Waals surface area contributed by atoms with Gasteiger partial charge in [0.25, 0.3) is 6.47 Å². The Labute approximate surface area is 104 Å². The van der Waals surface area contributed by atoms with Crippen LogP contribution >= 0.6 is 15.9 Å². The third kappa shape index (κ3) is 5.85. The summed E-state index contributed by atoms with van der Waals surface area (Å²) in [6.07, 6.45) is 7.15. The summed E-state index contributed by atoms with van der Waals surface area (Å²) in [4.78, 5) is 14.2. The molecule has 0 N–H and O–H groups in total. The van der Waals surface area contributed by atoms with E-state index >= 15 is 0 Å². The lowest BCUT2D eigenvalue weighted by Gasteiger charge is -2.01. The Morgan fingerprint density at radius 1 is 1.31 bits per heavy atom. The van der Waals surface area contributed by atoms with Gasteiger partial charge < -0.3 is 4.74 Å². The highest BCUT2D eigenvalue weighted by molar-refractivity contribution is 9.10. The van der Waals surface area contributed by atoms with Crippen molar-refractivity contribution in [1.82, 2.24) is 4.98 Å². The highest BCUT2D eigenvalue weighted by Gasteiger charge is 1.96. The number of ether oxygens (including phenoxy) is 1. The van der Waals surface area contributed by atoms with Crippen molar-refractivity contribution in [2.75, 3.05) is 6.61 Å². The average Bonchev–Trinajstić information content (AvgIpc) is 2.28. The fourth-order valence-corrected chi connectivity index (χ4v) is 1.86. The number of nitrogens with zero attached hydrogens (tertiary/aromatic N) is 1. The van der Waals surface area contributed by atoms with Crippen LogP contribution < -0.4 is 0 Å². The van der Waals surface area contributed by atoms with Gasteiger partial charge in [0.15, 0.2) is 0 Å². The summed E-state index contributed by atoms with van der Waals surface area (Å²) >= 11 is 3.42. The molecule has 16 heavy (non-hydrogen) atoms. The van der Waals surface area contributed by atoms with Crippen LogP contribution in [0.4, 0.5) is 0 Å². The molecule has 3 nitrogen and oxygen atoms in total. The lowest BCUT2D eigenvalue weighted by atomic mass is 10.1. The summed E-state index contributed by atoms with van der Waals surface area (Å²) in [5.74, 6) is 0. The van der Waals surface area contributed by atoms with Crippen molar-refractivity contribution < 1.29 is 9.53 Å². The van der Waals surface area contributed by atoms with Crippen LogP contribution in [0.15, 0.2) is 22.8 Å². The molecule has 0 spiro atoms. The van der Waals surface area contributed by atoms with Crippen LogP contribution in [-0.2, 0) is 16.0 Å². The Bertz CT molecular complexity index is 318. The van der Waals surface area contributed by atoms with E-state index in [1.807, 2.05) is 12.3 Å². The van der Waals surface area contributed by atoms with Gasteiger partial charge in [-0.15, -0.1) is 0 Å². The van der Waals surface area contributed by atoms with Crippen LogP contribution in [0.25, 0.3) is 0 Å². The predicted molar refractivity (Wildman–Crippen MR) is 66.1 cm³/mol. The molecule has 0 amide bonds. The molecule has 1 rings (SSSR count). The third-order valence-corrected chi connectivity index (χ3v) is 2.79. The van der Waals surface area contributed by atoms with Gasteiger partial charge in [-0.25, -0.2) is 0 Å². The molecule has 0 atom stereocenters. The van der Waals surface area contributed by atoms with Crippen LogP contribution in [0.3, 0.4) is 0 Å². The molecule has 1 aromatic rings. The fraction of sp³-hybridized carbons (Fsp3) is 0.500. The molecule has 0 aliphatic rings. The summed E-state index contributed by atoms with van der Waals surface area (Å²) in [6, 6.07) is 3.98. The molecule has 0 aliphatic heterocycles. The van der Waals surface area contributed by atoms with Crippen LogP contribution in [0.1, 0.15) is 31.4 Å². The zero-order valence-electron chi connectivity index (χ0n) is 9.19. The molecule has 0 saturated heterocycles. The molecular formula is C12H16BrNO2. The maximum absolute atomic E-state index is 9.88. The molecule has 1 heterocycles. The van der Waals surface area contributed by atoms with Crippen molar-refractivity contribution in [2.24, 2.45) is 0 Å². The number of hydrogen-bond donors (Lipinski definition) is 0. The average molecular weight is 286 g/mol. The normalized spacial score (nSPS) is 10.1. The second-order valence-electron chi connectivity index (χ2n) is 3.60. The van der Waals surface area contributed by atoms with Crippen molar-refractivity contribution in [3.05, 3.63) is 28.5 Å². The number of aromatic nitrogens is 1. The van der Waals surface area contributed by atoms with Gasteiger partial charge in [0.2, 0.25) is 0 Å². The SMILES string of the molecule is O=COCCCCCCc1cc(Br)ccn1. The van der Waals surface area contributed by atoms with Gasteiger partial charge in [0, 0.05) is 16.4 Å². The number of carbonyl (C=O) groups is 1. The first-order valence-corrected chi connectivity index (χ1v) is 6.28. The second-order valence-corrected chi connectivity index (χ2v) is 4.51. The van der Waals surface area contributed by atoms with Crippen molar-refractivity contribution in [2.45, 2.75) is 32.1 Å². The Hall–Kier alpha value is -0.900. The maximum atomic E-state index is 9.88. The van der Waals surface area contributed by atoms with E-state index in [1.165, 1.54) is 0 Å². The quantitative estimate of drug-likeness (QED) is 0.544. The predicted octanol–water partition coefficient (Wildman–Crippen LogP) is 3.12. The van der Waals surface area contributed by atoms with E-state index in [1.54, 1.807) is 0 Å². The summed E-state index contributed by atoms with van der Waals surface area (Å²) in [7, 11) is 0. The van der Waals surface area contributed by atoms with Crippen LogP contribution in [0.2, 0.25) is 0 Å². The number of halogens is 1. The standard InChI is InChI=1S/C12H16BrNO2/c13-11-6-7-14-12(9-11)5-3-1-2-4-8-16-10-15/h6-7,9-10H,1-5,8H2. The van der Waals surface area contributed by atoms with Crippen LogP contribution in [-0.4, -0.2) is 18.1 Å². The van der Waals surface area contributed by atoms with E-state index < -0.39 is 0 Å².